The number of hydrogen-bond donors (Lipinski definition) is 3. The number of fused-ring (bicyclic) bond motifs is 1. The van der Waals surface area contributed by atoms with Crippen LogP contribution >= 0.6 is 0 Å². The molecular weight excluding hydrogens is 246 g/mol. The summed E-state index contributed by atoms with van der Waals surface area (Å²) in [5, 5.41) is 8.97. The van der Waals surface area contributed by atoms with E-state index in [2.05, 4.69) is 0 Å². The Morgan fingerprint density at radius 1 is 1.47 bits per heavy atom. The molecule has 6 nitrogen and oxygen atoms in total. The summed E-state index contributed by atoms with van der Waals surface area (Å²) in [7, 11) is 0. The maximum atomic E-state index is 12.2. The molecule has 0 fully saturated rings. The first-order valence-electron chi connectivity index (χ1n) is 6.11. The van der Waals surface area contributed by atoms with Gasteiger partial charge in [0.25, 0.3) is 5.91 Å². The van der Waals surface area contributed by atoms with E-state index in [1.54, 1.807) is 12.1 Å². The van der Waals surface area contributed by atoms with Crippen LogP contribution < -0.4 is 11.5 Å². The second kappa shape index (κ2) is 5.38. The van der Waals surface area contributed by atoms with Gasteiger partial charge in [0.15, 0.2) is 0 Å². The number of amides is 2. The van der Waals surface area contributed by atoms with Gasteiger partial charge in [0.05, 0.1) is 0 Å². The minimum Gasteiger partial charge on any atom is -0.396 e. The third kappa shape index (κ3) is 2.45. The van der Waals surface area contributed by atoms with Crippen molar-refractivity contribution in [3.8, 4) is 0 Å². The summed E-state index contributed by atoms with van der Waals surface area (Å²) in [5.74, 6) is -0.829. The number of hydrogen-bond acceptors (Lipinski definition) is 4. The third-order valence-corrected chi connectivity index (χ3v) is 3.34. The van der Waals surface area contributed by atoms with E-state index < -0.39 is 11.9 Å². The second-order valence-corrected chi connectivity index (χ2v) is 4.56. The van der Waals surface area contributed by atoms with Crippen LogP contribution in [0.4, 0.5) is 0 Å². The first kappa shape index (κ1) is 13.5. The summed E-state index contributed by atoms with van der Waals surface area (Å²) < 4.78 is 0. The summed E-state index contributed by atoms with van der Waals surface area (Å²) in [5.41, 5.74) is 13.2. The highest BCUT2D eigenvalue weighted by atomic mass is 16.3. The second-order valence-electron chi connectivity index (χ2n) is 4.56. The maximum Gasteiger partial charge on any atom is 0.255 e. The molecule has 1 aromatic rings. The smallest absolute Gasteiger partial charge is 0.255 e. The molecule has 2 amide bonds. The van der Waals surface area contributed by atoms with E-state index in [0.717, 1.165) is 11.1 Å². The zero-order chi connectivity index (χ0) is 14.0. The highest BCUT2D eigenvalue weighted by molar-refractivity contribution is 6.01. The lowest BCUT2D eigenvalue weighted by molar-refractivity contribution is -0.123. The van der Waals surface area contributed by atoms with Crippen LogP contribution in [0, 0.1) is 0 Å². The van der Waals surface area contributed by atoms with Crippen molar-refractivity contribution < 1.29 is 14.7 Å². The molecule has 6 heteroatoms. The molecule has 1 unspecified atom stereocenters. The SMILES string of the molecule is NCc1ccc2c(c1)CN(C(CCO)C(N)=O)C2=O. The highest BCUT2D eigenvalue weighted by Gasteiger charge is 2.35. The molecule has 0 aliphatic carbocycles. The normalized spacial score (nSPS) is 15.5. The van der Waals surface area contributed by atoms with Crippen molar-refractivity contribution in [2.45, 2.75) is 25.6 Å². The van der Waals surface area contributed by atoms with Gasteiger partial charge < -0.3 is 21.5 Å². The van der Waals surface area contributed by atoms with Crippen molar-refractivity contribution in [1.29, 1.82) is 0 Å². The summed E-state index contributed by atoms with van der Waals surface area (Å²) in [4.78, 5) is 25.0. The molecular formula is C13H17N3O3. The van der Waals surface area contributed by atoms with Gasteiger partial charge in [-0.05, 0) is 23.6 Å². The zero-order valence-electron chi connectivity index (χ0n) is 10.5. The molecule has 19 heavy (non-hydrogen) atoms. The van der Waals surface area contributed by atoms with E-state index in [1.165, 1.54) is 4.90 Å². The van der Waals surface area contributed by atoms with Gasteiger partial charge in [-0.2, -0.15) is 0 Å². The molecule has 0 saturated carbocycles. The van der Waals surface area contributed by atoms with Crippen LogP contribution in [0.3, 0.4) is 0 Å². The van der Waals surface area contributed by atoms with Gasteiger partial charge >= 0.3 is 0 Å². The van der Waals surface area contributed by atoms with Crippen LogP contribution in [-0.2, 0) is 17.9 Å². The third-order valence-electron chi connectivity index (χ3n) is 3.34. The molecule has 1 aromatic carbocycles. The van der Waals surface area contributed by atoms with Gasteiger partial charge in [-0.25, -0.2) is 0 Å². The Morgan fingerprint density at radius 3 is 2.79 bits per heavy atom. The van der Waals surface area contributed by atoms with Crippen LogP contribution in [0.15, 0.2) is 18.2 Å². The van der Waals surface area contributed by atoms with Gasteiger partial charge in [-0.3, -0.25) is 9.59 Å². The molecule has 2 rings (SSSR count). The number of nitrogens with zero attached hydrogens (tertiary/aromatic N) is 1. The van der Waals surface area contributed by atoms with Crippen molar-refractivity contribution in [1.82, 2.24) is 4.90 Å². The summed E-state index contributed by atoms with van der Waals surface area (Å²) >= 11 is 0. The summed E-state index contributed by atoms with van der Waals surface area (Å²) in [6.07, 6.45) is 0.152. The number of nitrogens with two attached hydrogens (primary N) is 2. The average Bonchev–Trinajstić information content (AvgIpc) is 2.72. The molecule has 0 radical (unpaired) electrons. The van der Waals surface area contributed by atoms with Gasteiger partial charge in [0.2, 0.25) is 5.91 Å². The first-order valence-corrected chi connectivity index (χ1v) is 6.11. The van der Waals surface area contributed by atoms with Crippen molar-refractivity contribution >= 4 is 11.8 Å². The van der Waals surface area contributed by atoms with Crippen LogP contribution in [0.2, 0.25) is 0 Å². The highest BCUT2D eigenvalue weighted by Crippen LogP contribution is 2.26. The van der Waals surface area contributed by atoms with Gasteiger partial charge in [-0.1, -0.05) is 12.1 Å². The Balaban J connectivity index is 2.28. The number of carbonyl (C=O) groups is 2. The van der Waals surface area contributed by atoms with E-state index in [4.69, 9.17) is 16.6 Å². The molecule has 102 valence electrons. The number of aliphatic hydroxyl groups excluding tert-OH is 1. The van der Waals surface area contributed by atoms with Crippen molar-refractivity contribution in [3.63, 3.8) is 0 Å². The van der Waals surface area contributed by atoms with E-state index in [1.807, 2.05) is 6.07 Å². The van der Waals surface area contributed by atoms with Crippen LogP contribution in [0.5, 0.6) is 0 Å². The minimum absolute atomic E-state index is 0.152. The molecule has 1 aliphatic heterocycles. The largest absolute Gasteiger partial charge is 0.396 e. The van der Waals surface area contributed by atoms with Gasteiger partial charge in [-0.15, -0.1) is 0 Å². The lowest BCUT2D eigenvalue weighted by atomic mass is 10.1. The monoisotopic (exact) mass is 263 g/mol. The standard InChI is InChI=1S/C13H17N3O3/c14-6-8-1-2-10-9(5-8)7-16(13(10)19)11(3-4-17)12(15)18/h1-2,5,11,17H,3-4,6-7,14H2,(H2,15,18). The van der Waals surface area contributed by atoms with Gasteiger partial charge in [0.1, 0.15) is 6.04 Å². The molecule has 1 aliphatic rings. The maximum absolute atomic E-state index is 12.2. The Kier molecular flexibility index (Phi) is 3.82. The Hall–Kier alpha value is -1.92. The number of aliphatic hydroxyl groups is 1. The molecule has 0 bridgehead atoms. The summed E-state index contributed by atoms with van der Waals surface area (Å²) in [6, 6.07) is 4.61. The number of rotatable bonds is 5. The minimum atomic E-state index is -0.772. The molecule has 0 saturated heterocycles. The number of primary amides is 1. The quantitative estimate of drug-likeness (QED) is 0.655. The lowest BCUT2D eigenvalue weighted by Crippen LogP contribution is -2.45. The predicted octanol–water partition coefficient (Wildman–Crippen LogP) is -0.663. The molecule has 0 aromatic heterocycles. The predicted molar refractivity (Wildman–Crippen MR) is 68.9 cm³/mol. The fourth-order valence-electron chi connectivity index (χ4n) is 2.35. The van der Waals surface area contributed by atoms with Crippen LogP contribution in [-0.4, -0.2) is 34.5 Å². The summed E-state index contributed by atoms with van der Waals surface area (Å²) in [6.45, 7) is 0.536. The fourth-order valence-corrected chi connectivity index (χ4v) is 2.35. The Bertz CT molecular complexity index is 516. The van der Waals surface area contributed by atoms with Gasteiger partial charge in [0, 0.05) is 25.3 Å². The number of benzene rings is 1. The van der Waals surface area contributed by atoms with E-state index in [0.29, 0.717) is 18.7 Å². The molecule has 0 spiro atoms. The Morgan fingerprint density at radius 2 is 2.21 bits per heavy atom. The average molecular weight is 263 g/mol. The van der Waals surface area contributed by atoms with Crippen molar-refractivity contribution in [2.24, 2.45) is 11.5 Å². The zero-order valence-corrected chi connectivity index (χ0v) is 10.5. The van der Waals surface area contributed by atoms with Crippen LogP contribution in [0.1, 0.15) is 27.9 Å². The fraction of sp³-hybridized carbons (Fsp3) is 0.385. The topological polar surface area (TPSA) is 110 Å². The van der Waals surface area contributed by atoms with Crippen molar-refractivity contribution in [3.05, 3.63) is 34.9 Å². The first-order chi connectivity index (χ1) is 9.08. The van der Waals surface area contributed by atoms with E-state index >= 15 is 0 Å². The van der Waals surface area contributed by atoms with E-state index in [-0.39, 0.29) is 18.9 Å². The lowest BCUT2D eigenvalue weighted by Gasteiger charge is -2.24. The Labute approximate surface area is 111 Å². The molecule has 5 N–H and O–H groups in total. The van der Waals surface area contributed by atoms with E-state index in [9.17, 15) is 9.59 Å². The molecule has 1 atom stereocenters. The van der Waals surface area contributed by atoms with Crippen molar-refractivity contribution in [2.75, 3.05) is 6.61 Å². The van der Waals surface area contributed by atoms with Crippen LogP contribution in [0.25, 0.3) is 0 Å². The molecule has 1 heterocycles. The number of carbonyl (C=O) groups excluding carboxylic acids is 2.